The summed E-state index contributed by atoms with van der Waals surface area (Å²) in [4.78, 5) is 11.2. The highest BCUT2D eigenvalue weighted by atomic mass is 32.2. The second-order valence-corrected chi connectivity index (χ2v) is 5.52. The number of hydrogen-bond acceptors (Lipinski definition) is 3. The summed E-state index contributed by atoms with van der Waals surface area (Å²) in [6, 6.07) is 0. The van der Waals surface area contributed by atoms with Gasteiger partial charge in [0, 0.05) is 5.25 Å². The molecule has 0 spiro atoms. The first-order valence-electron chi connectivity index (χ1n) is 5.29. The molecule has 0 bridgehead atoms. The van der Waals surface area contributed by atoms with Crippen LogP contribution in [0, 0.1) is 0 Å². The highest BCUT2D eigenvalue weighted by Crippen LogP contribution is 2.33. The van der Waals surface area contributed by atoms with Crippen molar-refractivity contribution in [3.8, 4) is 0 Å². The molecule has 4 N–H and O–H groups in total. The molecule has 1 aliphatic carbocycles. The van der Waals surface area contributed by atoms with E-state index in [1.54, 1.807) is 0 Å². The SMILES string of the molecule is CCCSC1CCCC(N)(C(N)=O)C1. The maximum atomic E-state index is 11.2. The largest absolute Gasteiger partial charge is 0.368 e. The molecular formula is C10H20N2OS. The molecule has 0 aromatic carbocycles. The molecule has 1 aliphatic rings. The smallest absolute Gasteiger partial charge is 0.237 e. The minimum absolute atomic E-state index is 0.334. The van der Waals surface area contributed by atoms with Crippen LogP contribution >= 0.6 is 11.8 Å². The third-order valence-electron chi connectivity index (χ3n) is 2.79. The fourth-order valence-electron chi connectivity index (χ4n) is 1.91. The zero-order chi connectivity index (χ0) is 10.6. The van der Waals surface area contributed by atoms with Gasteiger partial charge >= 0.3 is 0 Å². The molecule has 3 nitrogen and oxygen atoms in total. The molecule has 82 valence electrons. The van der Waals surface area contributed by atoms with Gasteiger partial charge in [-0.3, -0.25) is 4.79 Å². The first kappa shape index (κ1) is 11.9. The Bertz CT molecular complexity index is 210. The Morgan fingerprint density at radius 1 is 1.64 bits per heavy atom. The molecular weight excluding hydrogens is 196 g/mol. The second-order valence-electron chi connectivity index (χ2n) is 4.11. The average molecular weight is 216 g/mol. The summed E-state index contributed by atoms with van der Waals surface area (Å²) in [6.45, 7) is 2.17. The fraction of sp³-hybridized carbons (Fsp3) is 0.900. The third kappa shape index (κ3) is 2.89. The minimum atomic E-state index is -0.732. The lowest BCUT2D eigenvalue weighted by molar-refractivity contribution is -0.124. The number of hydrogen-bond donors (Lipinski definition) is 2. The summed E-state index contributed by atoms with van der Waals surface area (Å²) in [5.74, 6) is 0.818. The van der Waals surface area contributed by atoms with E-state index in [4.69, 9.17) is 11.5 Å². The average Bonchev–Trinajstić information content (AvgIpc) is 2.15. The molecule has 0 aromatic rings. The molecule has 1 rings (SSSR count). The van der Waals surface area contributed by atoms with Crippen LogP contribution in [0.25, 0.3) is 0 Å². The van der Waals surface area contributed by atoms with E-state index in [9.17, 15) is 4.79 Å². The lowest BCUT2D eigenvalue weighted by Gasteiger charge is -2.35. The number of nitrogens with two attached hydrogens (primary N) is 2. The predicted molar refractivity (Wildman–Crippen MR) is 61.1 cm³/mol. The molecule has 1 fully saturated rings. The summed E-state index contributed by atoms with van der Waals surface area (Å²) >= 11 is 1.93. The zero-order valence-electron chi connectivity index (χ0n) is 8.79. The van der Waals surface area contributed by atoms with Gasteiger partial charge in [-0.1, -0.05) is 6.92 Å². The first-order valence-corrected chi connectivity index (χ1v) is 6.34. The molecule has 0 saturated heterocycles. The minimum Gasteiger partial charge on any atom is -0.368 e. The number of rotatable bonds is 4. The zero-order valence-corrected chi connectivity index (χ0v) is 9.61. The van der Waals surface area contributed by atoms with E-state index in [2.05, 4.69) is 6.92 Å². The van der Waals surface area contributed by atoms with Crippen molar-refractivity contribution in [3.05, 3.63) is 0 Å². The second kappa shape index (κ2) is 5.03. The van der Waals surface area contributed by atoms with Crippen molar-refractivity contribution in [2.75, 3.05) is 5.75 Å². The van der Waals surface area contributed by atoms with Gasteiger partial charge in [-0.15, -0.1) is 0 Å². The summed E-state index contributed by atoms with van der Waals surface area (Å²) in [5.41, 5.74) is 10.6. The lowest BCUT2D eigenvalue weighted by atomic mass is 9.82. The van der Waals surface area contributed by atoms with Crippen LogP contribution in [0.4, 0.5) is 0 Å². The molecule has 0 radical (unpaired) electrons. The van der Waals surface area contributed by atoms with Crippen LogP contribution in [0.3, 0.4) is 0 Å². The highest BCUT2D eigenvalue weighted by molar-refractivity contribution is 7.99. The summed E-state index contributed by atoms with van der Waals surface area (Å²) in [6.07, 6.45) is 4.89. The molecule has 0 aliphatic heterocycles. The van der Waals surface area contributed by atoms with Gasteiger partial charge in [0.1, 0.15) is 0 Å². The van der Waals surface area contributed by atoms with Crippen molar-refractivity contribution < 1.29 is 4.79 Å². The van der Waals surface area contributed by atoms with Crippen LogP contribution in [0.2, 0.25) is 0 Å². The van der Waals surface area contributed by atoms with Gasteiger partial charge in [-0.05, 0) is 37.9 Å². The number of carbonyl (C=O) groups is 1. The Kier molecular flexibility index (Phi) is 4.26. The third-order valence-corrected chi connectivity index (χ3v) is 4.31. The number of primary amides is 1. The van der Waals surface area contributed by atoms with Crippen molar-refractivity contribution in [2.45, 2.75) is 49.8 Å². The highest BCUT2D eigenvalue weighted by Gasteiger charge is 2.37. The van der Waals surface area contributed by atoms with Crippen molar-refractivity contribution in [1.29, 1.82) is 0 Å². The Balaban J connectivity index is 2.46. The Morgan fingerprint density at radius 3 is 2.93 bits per heavy atom. The number of thioether (sulfide) groups is 1. The van der Waals surface area contributed by atoms with Crippen LogP contribution in [0.15, 0.2) is 0 Å². The Labute approximate surface area is 90.0 Å². The van der Waals surface area contributed by atoms with E-state index in [0.29, 0.717) is 5.25 Å². The van der Waals surface area contributed by atoms with Crippen LogP contribution in [-0.4, -0.2) is 22.4 Å². The predicted octanol–water partition coefficient (Wildman–Crippen LogP) is 1.26. The van der Waals surface area contributed by atoms with Gasteiger partial charge in [0.25, 0.3) is 0 Å². The maximum absolute atomic E-state index is 11.2. The number of carbonyl (C=O) groups excluding carboxylic acids is 1. The number of amides is 1. The summed E-state index contributed by atoms with van der Waals surface area (Å²) < 4.78 is 0. The maximum Gasteiger partial charge on any atom is 0.237 e. The van der Waals surface area contributed by atoms with Gasteiger partial charge in [-0.25, -0.2) is 0 Å². The van der Waals surface area contributed by atoms with Crippen molar-refractivity contribution >= 4 is 17.7 Å². The van der Waals surface area contributed by atoms with Crippen molar-refractivity contribution in [1.82, 2.24) is 0 Å². The van der Waals surface area contributed by atoms with E-state index in [1.807, 2.05) is 11.8 Å². The van der Waals surface area contributed by atoms with Crippen LogP contribution < -0.4 is 11.5 Å². The molecule has 2 unspecified atom stereocenters. The molecule has 1 amide bonds. The molecule has 0 aromatic heterocycles. The monoisotopic (exact) mass is 216 g/mol. The van der Waals surface area contributed by atoms with E-state index in [1.165, 1.54) is 12.8 Å². The molecule has 14 heavy (non-hydrogen) atoms. The van der Waals surface area contributed by atoms with Crippen LogP contribution in [-0.2, 0) is 4.79 Å². The van der Waals surface area contributed by atoms with Gasteiger partial charge < -0.3 is 11.5 Å². The normalized spacial score (nSPS) is 32.9. The van der Waals surface area contributed by atoms with Crippen molar-refractivity contribution in [3.63, 3.8) is 0 Å². The standard InChI is InChI=1S/C10H20N2OS/c1-2-6-14-8-4-3-5-10(12,7-8)9(11)13/h8H,2-7,12H2,1H3,(H2,11,13). The van der Waals surface area contributed by atoms with E-state index in [-0.39, 0.29) is 5.91 Å². The molecule has 1 saturated carbocycles. The van der Waals surface area contributed by atoms with Gasteiger partial charge in [0.2, 0.25) is 5.91 Å². The summed E-state index contributed by atoms with van der Waals surface area (Å²) in [7, 11) is 0. The molecule has 2 atom stereocenters. The van der Waals surface area contributed by atoms with E-state index >= 15 is 0 Å². The van der Waals surface area contributed by atoms with E-state index < -0.39 is 5.54 Å². The summed E-state index contributed by atoms with van der Waals surface area (Å²) in [5, 5.41) is 0.529. The van der Waals surface area contributed by atoms with Gasteiger partial charge in [0.15, 0.2) is 0 Å². The van der Waals surface area contributed by atoms with Crippen LogP contribution in [0.1, 0.15) is 39.0 Å². The Hall–Kier alpha value is -0.220. The molecule has 0 heterocycles. The lowest BCUT2D eigenvalue weighted by Crippen LogP contribution is -2.55. The van der Waals surface area contributed by atoms with Crippen LogP contribution in [0.5, 0.6) is 0 Å². The Morgan fingerprint density at radius 2 is 2.36 bits per heavy atom. The van der Waals surface area contributed by atoms with Gasteiger partial charge in [0.05, 0.1) is 5.54 Å². The topological polar surface area (TPSA) is 69.1 Å². The van der Waals surface area contributed by atoms with Crippen molar-refractivity contribution in [2.24, 2.45) is 11.5 Å². The van der Waals surface area contributed by atoms with E-state index in [0.717, 1.165) is 25.0 Å². The first-order chi connectivity index (χ1) is 6.58. The molecule has 4 heteroatoms. The fourth-order valence-corrected chi connectivity index (χ4v) is 3.22. The quantitative estimate of drug-likeness (QED) is 0.743. The van der Waals surface area contributed by atoms with Gasteiger partial charge in [-0.2, -0.15) is 11.8 Å².